The molecule has 0 amide bonds. The first-order valence-electron chi connectivity index (χ1n) is 2.41. The molecule has 3 nitrogen and oxygen atoms in total. The van der Waals surface area contributed by atoms with Crippen molar-refractivity contribution in [1.82, 2.24) is 9.78 Å². The number of rotatable bonds is 1. The van der Waals surface area contributed by atoms with E-state index in [1.165, 1.54) is 0 Å². The fraction of sp³-hybridized carbons (Fsp3) is 0.200. The molecule has 0 bridgehead atoms. The normalized spacial score (nSPS) is 10.4. The van der Waals surface area contributed by atoms with E-state index in [4.69, 9.17) is 0 Å². The molecule has 0 unspecified atom stereocenters. The Bertz CT molecular complexity index is 266. The van der Waals surface area contributed by atoms with Crippen molar-refractivity contribution in [1.29, 1.82) is 0 Å². The van der Waals surface area contributed by atoms with Crippen molar-refractivity contribution in [2.24, 2.45) is 7.05 Å². The molecule has 1 heterocycles. The molecule has 0 aliphatic carbocycles. The van der Waals surface area contributed by atoms with Crippen LogP contribution < -0.4 is 0 Å². The summed E-state index contributed by atoms with van der Waals surface area (Å²) in [6.45, 7) is 0. The molecular weight excluding hydrogens is 136 g/mol. The molecule has 0 saturated heterocycles. The molecule has 0 saturated carbocycles. The molecule has 0 N–H and O–H groups in total. The number of hydrogen-bond donors (Lipinski definition) is 0. The summed E-state index contributed by atoms with van der Waals surface area (Å²) in [5.74, 6) is 3.32. The lowest BCUT2D eigenvalue weighted by Crippen LogP contribution is -1.88. The second-order valence-corrected chi connectivity index (χ2v) is 2.78. The zero-order valence-electron chi connectivity index (χ0n) is 5.07. The van der Waals surface area contributed by atoms with Crippen LogP contribution in [0.5, 0.6) is 0 Å². The monoisotopic (exact) mass is 143 g/mol. The van der Waals surface area contributed by atoms with Gasteiger partial charge < -0.3 is 4.21 Å². The van der Waals surface area contributed by atoms with Crippen LogP contribution in [-0.4, -0.2) is 15.7 Å². The Balaban J connectivity index is 3.12. The first-order valence-corrected chi connectivity index (χ1v) is 3.73. The average Bonchev–Trinajstić information content (AvgIpc) is 2.14. The Morgan fingerprint density at radius 2 is 2.56 bits per heavy atom. The molecule has 0 atom stereocenters. The minimum absolute atomic E-state index is 0.525. The molecule has 0 radical (unpaired) electrons. The SMILES string of the molecule is C=[S-](=O)c1ccn(C)n1. The van der Waals surface area contributed by atoms with Crippen LogP contribution in [0.4, 0.5) is 0 Å². The maximum atomic E-state index is 10.6. The minimum Gasteiger partial charge on any atom is -0.456 e. The van der Waals surface area contributed by atoms with Gasteiger partial charge in [-0.3, -0.25) is 4.68 Å². The summed E-state index contributed by atoms with van der Waals surface area (Å²) < 4.78 is 12.2. The van der Waals surface area contributed by atoms with Crippen LogP contribution in [0.3, 0.4) is 0 Å². The summed E-state index contributed by atoms with van der Waals surface area (Å²) in [6.07, 6.45) is 1.73. The Hall–Kier alpha value is -0.770. The summed E-state index contributed by atoms with van der Waals surface area (Å²) in [6, 6.07) is 1.68. The topological polar surface area (TPSA) is 34.9 Å². The third-order valence-electron chi connectivity index (χ3n) is 0.922. The van der Waals surface area contributed by atoms with Gasteiger partial charge in [0, 0.05) is 13.2 Å². The van der Waals surface area contributed by atoms with Crippen LogP contribution in [0.1, 0.15) is 0 Å². The second-order valence-electron chi connectivity index (χ2n) is 1.67. The fourth-order valence-corrected chi connectivity index (χ4v) is 0.948. The van der Waals surface area contributed by atoms with Gasteiger partial charge in [-0.05, 0) is 11.1 Å². The van der Waals surface area contributed by atoms with E-state index < -0.39 is 10.4 Å². The molecule has 0 aliphatic rings. The van der Waals surface area contributed by atoms with E-state index in [0.717, 1.165) is 0 Å². The molecule has 1 rings (SSSR count). The highest BCUT2D eigenvalue weighted by Gasteiger charge is 1.82. The first kappa shape index (κ1) is 6.35. The number of nitrogens with zero attached hydrogens (tertiary/aromatic N) is 2. The predicted octanol–water partition coefficient (Wildman–Crippen LogP) is 0.175. The highest BCUT2D eigenvalue weighted by Crippen LogP contribution is 1.93. The van der Waals surface area contributed by atoms with Gasteiger partial charge in [-0.25, -0.2) is 10.4 Å². The zero-order valence-corrected chi connectivity index (χ0v) is 5.89. The molecule has 9 heavy (non-hydrogen) atoms. The number of aryl methyl sites for hydroxylation is 1. The zero-order chi connectivity index (χ0) is 6.85. The molecule has 0 fully saturated rings. The van der Waals surface area contributed by atoms with Crippen molar-refractivity contribution in [3.63, 3.8) is 0 Å². The minimum atomic E-state index is -1.19. The molecule has 0 aromatic carbocycles. The molecule has 0 aliphatic heterocycles. The van der Waals surface area contributed by atoms with Crippen LogP contribution in [0.15, 0.2) is 17.3 Å². The van der Waals surface area contributed by atoms with Gasteiger partial charge in [0.15, 0.2) is 0 Å². The molecule has 1 aromatic heterocycles. The fourth-order valence-electron chi connectivity index (χ4n) is 0.515. The summed E-state index contributed by atoms with van der Waals surface area (Å²) in [4.78, 5) is 0. The van der Waals surface area contributed by atoms with E-state index in [0.29, 0.717) is 5.03 Å². The van der Waals surface area contributed by atoms with Gasteiger partial charge in [0.2, 0.25) is 0 Å². The maximum absolute atomic E-state index is 10.6. The molecule has 0 spiro atoms. The maximum Gasteiger partial charge on any atom is 0.0296 e. The van der Waals surface area contributed by atoms with Gasteiger partial charge in [0.05, 0.1) is 0 Å². The average molecular weight is 143 g/mol. The van der Waals surface area contributed by atoms with Gasteiger partial charge >= 0.3 is 0 Å². The largest absolute Gasteiger partial charge is 0.456 e. The van der Waals surface area contributed by atoms with Crippen LogP contribution in [0.2, 0.25) is 0 Å². The highest BCUT2D eigenvalue weighted by molar-refractivity contribution is 7.82. The third kappa shape index (κ3) is 1.32. The first-order chi connectivity index (χ1) is 4.20. The Morgan fingerprint density at radius 1 is 1.89 bits per heavy atom. The van der Waals surface area contributed by atoms with E-state index in [-0.39, 0.29) is 0 Å². The summed E-state index contributed by atoms with van der Waals surface area (Å²) in [5, 5.41) is 4.39. The lowest BCUT2D eigenvalue weighted by molar-refractivity contribution is 0.599. The molecular formula is C5H7N2OS-. The number of hydrogen-bond acceptors (Lipinski definition) is 3. The van der Waals surface area contributed by atoms with Crippen molar-refractivity contribution >= 4 is 16.3 Å². The van der Waals surface area contributed by atoms with Crippen molar-refractivity contribution in [3.8, 4) is 0 Å². The molecule has 1 aromatic rings. The van der Waals surface area contributed by atoms with Gasteiger partial charge in [-0.1, -0.05) is 0 Å². The standard InChI is InChI=1S/C5H7N2OS/c1-7-4-3-5(6-7)9(2)8/h3-4H,2H2,1H3/q-1. The van der Waals surface area contributed by atoms with Crippen LogP contribution in [0.25, 0.3) is 0 Å². The van der Waals surface area contributed by atoms with Crippen molar-refractivity contribution < 1.29 is 4.21 Å². The lowest BCUT2D eigenvalue weighted by Gasteiger charge is -1.91. The van der Waals surface area contributed by atoms with Gasteiger partial charge in [0.25, 0.3) is 0 Å². The van der Waals surface area contributed by atoms with Crippen LogP contribution in [-0.2, 0) is 21.6 Å². The Morgan fingerprint density at radius 3 is 2.78 bits per heavy atom. The Labute approximate surface area is 55.3 Å². The molecule has 4 heteroatoms. The van der Waals surface area contributed by atoms with Gasteiger partial charge in [-0.15, -0.1) is 0 Å². The van der Waals surface area contributed by atoms with Crippen molar-refractivity contribution in [2.75, 3.05) is 0 Å². The quantitative estimate of drug-likeness (QED) is 0.415. The van der Waals surface area contributed by atoms with E-state index >= 15 is 0 Å². The van der Waals surface area contributed by atoms with Crippen molar-refractivity contribution in [2.45, 2.75) is 5.03 Å². The highest BCUT2D eigenvalue weighted by atomic mass is 32.2. The van der Waals surface area contributed by atoms with E-state index in [1.807, 2.05) is 0 Å². The lowest BCUT2D eigenvalue weighted by atomic mass is 10.7. The summed E-state index contributed by atoms with van der Waals surface area (Å²) in [7, 11) is 0.584. The second kappa shape index (κ2) is 2.23. The summed E-state index contributed by atoms with van der Waals surface area (Å²) in [5.41, 5.74) is 0. The van der Waals surface area contributed by atoms with E-state index in [2.05, 4.69) is 11.0 Å². The smallest absolute Gasteiger partial charge is 0.0296 e. The van der Waals surface area contributed by atoms with Crippen LogP contribution in [0, 0.1) is 0 Å². The van der Waals surface area contributed by atoms with Crippen molar-refractivity contribution in [3.05, 3.63) is 12.3 Å². The van der Waals surface area contributed by atoms with E-state index in [9.17, 15) is 4.21 Å². The van der Waals surface area contributed by atoms with Crippen LogP contribution >= 0.6 is 0 Å². The summed E-state index contributed by atoms with van der Waals surface area (Å²) >= 11 is 0. The Kier molecular flexibility index (Phi) is 1.57. The van der Waals surface area contributed by atoms with Gasteiger partial charge in [0.1, 0.15) is 0 Å². The number of aromatic nitrogens is 2. The molecule has 50 valence electrons. The van der Waals surface area contributed by atoms with E-state index in [1.54, 1.807) is 24.0 Å². The van der Waals surface area contributed by atoms with Gasteiger partial charge in [-0.2, -0.15) is 11.0 Å². The predicted molar refractivity (Wildman–Crippen MR) is 36.6 cm³/mol. The third-order valence-corrected chi connectivity index (χ3v) is 1.61.